The number of rotatable bonds is 10. The first-order chi connectivity index (χ1) is 12.2. The standard InChI is InChI=1S/C19H24N4O2/c1-16-15-18(23(22-16)12-6-11-20)21-19(24)9-5-13-25-14-10-17-7-3-2-4-8-17/h2-4,7-8,15H,5-6,9-10,12-14H2,1H3,(H,21,24). The zero-order valence-electron chi connectivity index (χ0n) is 14.6. The van der Waals surface area contributed by atoms with E-state index in [1.807, 2.05) is 31.2 Å². The van der Waals surface area contributed by atoms with Gasteiger partial charge in [0.2, 0.25) is 5.91 Å². The van der Waals surface area contributed by atoms with E-state index in [-0.39, 0.29) is 5.91 Å². The van der Waals surface area contributed by atoms with Crippen molar-refractivity contribution in [3.05, 3.63) is 47.7 Å². The maximum absolute atomic E-state index is 12.0. The van der Waals surface area contributed by atoms with E-state index in [0.29, 0.717) is 44.8 Å². The van der Waals surface area contributed by atoms with Gasteiger partial charge in [0, 0.05) is 19.1 Å². The first kappa shape index (κ1) is 18.7. The van der Waals surface area contributed by atoms with E-state index >= 15 is 0 Å². The van der Waals surface area contributed by atoms with Crippen LogP contribution < -0.4 is 5.32 Å². The van der Waals surface area contributed by atoms with Gasteiger partial charge in [-0.15, -0.1) is 0 Å². The Kier molecular flexibility index (Phi) is 7.67. The summed E-state index contributed by atoms with van der Waals surface area (Å²) in [6.45, 7) is 3.56. The molecule has 1 aromatic heterocycles. The quantitative estimate of drug-likeness (QED) is 0.674. The highest BCUT2D eigenvalue weighted by Gasteiger charge is 2.09. The van der Waals surface area contributed by atoms with Gasteiger partial charge in [-0.3, -0.25) is 4.79 Å². The van der Waals surface area contributed by atoms with E-state index in [1.165, 1.54) is 5.56 Å². The van der Waals surface area contributed by atoms with Crippen LogP contribution in [0.4, 0.5) is 5.82 Å². The van der Waals surface area contributed by atoms with Crippen LogP contribution in [0.25, 0.3) is 0 Å². The number of hydrogen-bond acceptors (Lipinski definition) is 4. The first-order valence-electron chi connectivity index (χ1n) is 8.52. The van der Waals surface area contributed by atoms with Crippen molar-refractivity contribution in [2.75, 3.05) is 18.5 Å². The molecule has 6 heteroatoms. The van der Waals surface area contributed by atoms with E-state index < -0.39 is 0 Å². The summed E-state index contributed by atoms with van der Waals surface area (Å²) in [5.41, 5.74) is 2.07. The highest BCUT2D eigenvalue weighted by atomic mass is 16.5. The molecule has 0 aliphatic heterocycles. The van der Waals surface area contributed by atoms with Gasteiger partial charge in [-0.05, 0) is 25.3 Å². The van der Waals surface area contributed by atoms with E-state index in [4.69, 9.17) is 10.00 Å². The molecule has 1 heterocycles. The van der Waals surface area contributed by atoms with Gasteiger partial charge in [-0.25, -0.2) is 4.68 Å². The van der Waals surface area contributed by atoms with Crippen molar-refractivity contribution in [3.8, 4) is 6.07 Å². The van der Waals surface area contributed by atoms with Crippen LogP contribution in [-0.2, 0) is 22.5 Å². The molecule has 0 saturated heterocycles. The molecule has 2 aromatic rings. The van der Waals surface area contributed by atoms with Gasteiger partial charge in [-0.2, -0.15) is 10.4 Å². The molecule has 0 spiro atoms. The summed E-state index contributed by atoms with van der Waals surface area (Å²) in [7, 11) is 0. The number of carbonyl (C=O) groups is 1. The summed E-state index contributed by atoms with van der Waals surface area (Å²) in [5, 5.41) is 15.8. The Labute approximate surface area is 148 Å². The minimum absolute atomic E-state index is 0.0650. The molecule has 6 nitrogen and oxygen atoms in total. The van der Waals surface area contributed by atoms with Crippen molar-refractivity contribution in [1.29, 1.82) is 5.26 Å². The van der Waals surface area contributed by atoms with Crippen LogP contribution >= 0.6 is 0 Å². The molecule has 0 atom stereocenters. The third-order valence-corrected chi connectivity index (χ3v) is 3.68. The zero-order chi connectivity index (χ0) is 17.9. The number of aryl methyl sites for hydroxylation is 2. The van der Waals surface area contributed by atoms with Crippen LogP contribution in [0, 0.1) is 18.3 Å². The minimum atomic E-state index is -0.0650. The predicted molar refractivity (Wildman–Crippen MR) is 96.0 cm³/mol. The molecule has 1 amide bonds. The number of benzene rings is 1. The molecule has 0 unspecified atom stereocenters. The molecular weight excluding hydrogens is 316 g/mol. The van der Waals surface area contributed by atoms with Gasteiger partial charge in [0.1, 0.15) is 5.82 Å². The molecule has 0 saturated carbocycles. The number of carbonyl (C=O) groups excluding carboxylic acids is 1. The third-order valence-electron chi connectivity index (χ3n) is 3.68. The second kappa shape index (κ2) is 10.3. The fourth-order valence-corrected chi connectivity index (χ4v) is 2.45. The van der Waals surface area contributed by atoms with E-state index in [1.54, 1.807) is 4.68 Å². The highest BCUT2D eigenvalue weighted by Crippen LogP contribution is 2.11. The van der Waals surface area contributed by atoms with Crippen LogP contribution in [0.2, 0.25) is 0 Å². The van der Waals surface area contributed by atoms with Gasteiger partial charge < -0.3 is 10.1 Å². The fourth-order valence-electron chi connectivity index (χ4n) is 2.45. The molecule has 0 aliphatic rings. The summed E-state index contributed by atoms with van der Waals surface area (Å²) in [5.74, 6) is 0.576. The Bertz CT molecular complexity index is 704. The maximum atomic E-state index is 12.0. The zero-order valence-corrected chi connectivity index (χ0v) is 14.6. The SMILES string of the molecule is Cc1cc(NC(=O)CCCOCCc2ccccc2)n(CCC#N)n1. The number of nitrogens with one attached hydrogen (secondary N) is 1. The second-order valence-electron chi connectivity index (χ2n) is 5.80. The van der Waals surface area contributed by atoms with Crippen molar-refractivity contribution in [2.45, 2.75) is 39.2 Å². The largest absolute Gasteiger partial charge is 0.381 e. The molecular formula is C19H24N4O2. The lowest BCUT2D eigenvalue weighted by Gasteiger charge is -2.08. The van der Waals surface area contributed by atoms with Crippen molar-refractivity contribution in [3.63, 3.8) is 0 Å². The fraction of sp³-hybridized carbons (Fsp3) is 0.421. The van der Waals surface area contributed by atoms with Gasteiger partial charge in [-0.1, -0.05) is 30.3 Å². The number of ether oxygens (including phenoxy) is 1. The van der Waals surface area contributed by atoms with Crippen molar-refractivity contribution >= 4 is 11.7 Å². The molecule has 1 N–H and O–H groups in total. The maximum Gasteiger partial charge on any atom is 0.225 e. The Morgan fingerprint density at radius 1 is 1.32 bits per heavy atom. The van der Waals surface area contributed by atoms with Crippen molar-refractivity contribution in [2.24, 2.45) is 0 Å². The lowest BCUT2D eigenvalue weighted by Crippen LogP contribution is -2.16. The Balaban J connectivity index is 1.63. The Hall–Kier alpha value is -2.65. The molecule has 0 radical (unpaired) electrons. The van der Waals surface area contributed by atoms with Gasteiger partial charge >= 0.3 is 0 Å². The van der Waals surface area contributed by atoms with Crippen molar-refractivity contribution in [1.82, 2.24) is 9.78 Å². The molecule has 132 valence electrons. The normalized spacial score (nSPS) is 10.4. The van der Waals surface area contributed by atoms with Crippen LogP contribution in [-0.4, -0.2) is 28.9 Å². The summed E-state index contributed by atoms with van der Waals surface area (Å²) in [6.07, 6.45) is 2.31. The predicted octanol–water partition coefficient (Wildman–Crippen LogP) is 3.08. The van der Waals surface area contributed by atoms with E-state index in [0.717, 1.165) is 12.1 Å². The average molecular weight is 340 g/mol. The Morgan fingerprint density at radius 2 is 2.12 bits per heavy atom. The lowest BCUT2D eigenvalue weighted by molar-refractivity contribution is -0.116. The van der Waals surface area contributed by atoms with Crippen LogP contribution in [0.5, 0.6) is 0 Å². The molecule has 0 aliphatic carbocycles. The number of aromatic nitrogens is 2. The average Bonchev–Trinajstić information content (AvgIpc) is 2.96. The molecule has 0 bridgehead atoms. The minimum Gasteiger partial charge on any atom is -0.381 e. The lowest BCUT2D eigenvalue weighted by atomic mass is 10.2. The van der Waals surface area contributed by atoms with Gasteiger partial charge in [0.15, 0.2) is 0 Å². The first-order valence-corrected chi connectivity index (χ1v) is 8.52. The van der Waals surface area contributed by atoms with Crippen LogP contribution in [0.15, 0.2) is 36.4 Å². The molecule has 25 heavy (non-hydrogen) atoms. The van der Waals surface area contributed by atoms with E-state index in [2.05, 4.69) is 28.6 Å². The third kappa shape index (κ3) is 6.77. The summed E-state index contributed by atoms with van der Waals surface area (Å²) in [6, 6.07) is 14.1. The van der Waals surface area contributed by atoms with Crippen LogP contribution in [0.3, 0.4) is 0 Å². The van der Waals surface area contributed by atoms with Crippen molar-refractivity contribution < 1.29 is 9.53 Å². The number of nitrogens with zero attached hydrogens (tertiary/aromatic N) is 3. The topological polar surface area (TPSA) is 79.9 Å². The number of hydrogen-bond donors (Lipinski definition) is 1. The number of anilines is 1. The Morgan fingerprint density at radius 3 is 2.88 bits per heavy atom. The molecule has 2 rings (SSSR count). The summed E-state index contributed by atoms with van der Waals surface area (Å²) < 4.78 is 7.25. The van der Waals surface area contributed by atoms with E-state index in [9.17, 15) is 4.79 Å². The van der Waals surface area contributed by atoms with Crippen LogP contribution in [0.1, 0.15) is 30.5 Å². The smallest absolute Gasteiger partial charge is 0.225 e. The second-order valence-corrected chi connectivity index (χ2v) is 5.80. The summed E-state index contributed by atoms with van der Waals surface area (Å²) >= 11 is 0. The van der Waals surface area contributed by atoms with Gasteiger partial charge in [0.25, 0.3) is 0 Å². The molecule has 1 aromatic carbocycles. The monoisotopic (exact) mass is 340 g/mol. The number of amides is 1. The van der Waals surface area contributed by atoms with Gasteiger partial charge in [0.05, 0.1) is 31.3 Å². The number of nitriles is 1. The summed E-state index contributed by atoms with van der Waals surface area (Å²) in [4.78, 5) is 12.0. The highest BCUT2D eigenvalue weighted by molar-refractivity contribution is 5.89. The molecule has 0 fully saturated rings.